The first-order valence-electron chi connectivity index (χ1n) is 6.89. The van der Waals surface area contributed by atoms with Crippen LogP contribution in [0.1, 0.15) is 45.6 Å². The van der Waals surface area contributed by atoms with Gasteiger partial charge in [0.05, 0.1) is 11.0 Å². The summed E-state index contributed by atoms with van der Waals surface area (Å²) in [4.78, 5) is 4.34. The van der Waals surface area contributed by atoms with Gasteiger partial charge in [-0.2, -0.15) is 0 Å². The van der Waals surface area contributed by atoms with Gasteiger partial charge in [-0.3, -0.25) is 0 Å². The highest BCUT2D eigenvalue weighted by Crippen LogP contribution is 2.42. The predicted octanol–water partition coefficient (Wildman–Crippen LogP) is 3.90. The largest absolute Gasteiger partial charge is 0.369 e. The van der Waals surface area contributed by atoms with Gasteiger partial charge in [-0.05, 0) is 49.3 Å². The number of aromatic nitrogens is 2. The molecule has 1 aliphatic rings. The molecule has 0 radical (unpaired) electrons. The van der Waals surface area contributed by atoms with Crippen LogP contribution in [-0.4, -0.2) is 9.55 Å². The fraction of sp³-hybridized carbons (Fsp3) is 0.533. The van der Waals surface area contributed by atoms with Crippen LogP contribution in [0.15, 0.2) is 18.2 Å². The Balaban J connectivity index is 2.01. The SMILES string of the molecule is CC1(C)CCC(n2c(N)nc3ccc(F)cc32)CC1. The maximum absolute atomic E-state index is 13.4. The van der Waals surface area contributed by atoms with Gasteiger partial charge in [0.25, 0.3) is 0 Å². The number of fused-ring (bicyclic) bond motifs is 1. The molecule has 1 aliphatic carbocycles. The monoisotopic (exact) mass is 261 g/mol. The lowest BCUT2D eigenvalue weighted by Crippen LogP contribution is -2.24. The van der Waals surface area contributed by atoms with E-state index in [0.717, 1.165) is 23.9 Å². The molecule has 0 saturated heterocycles. The maximum atomic E-state index is 13.4. The Bertz CT molecular complexity index is 605. The molecule has 1 saturated carbocycles. The average Bonchev–Trinajstić information content (AvgIpc) is 2.65. The van der Waals surface area contributed by atoms with Crippen molar-refractivity contribution in [3.8, 4) is 0 Å². The number of nitrogens with two attached hydrogens (primary N) is 1. The summed E-state index contributed by atoms with van der Waals surface area (Å²) in [7, 11) is 0. The van der Waals surface area contributed by atoms with Crippen LogP contribution >= 0.6 is 0 Å². The van der Waals surface area contributed by atoms with Crippen molar-refractivity contribution in [3.05, 3.63) is 24.0 Å². The first-order valence-corrected chi connectivity index (χ1v) is 6.89. The molecule has 19 heavy (non-hydrogen) atoms. The zero-order valence-corrected chi connectivity index (χ0v) is 11.5. The van der Waals surface area contributed by atoms with E-state index in [1.807, 2.05) is 4.57 Å². The summed E-state index contributed by atoms with van der Waals surface area (Å²) >= 11 is 0. The van der Waals surface area contributed by atoms with Crippen LogP contribution in [-0.2, 0) is 0 Å². The number of rotatable bonds is 1. The van der Waals surface area contributed by atoms with E-state index < -0.39 is 0 Å². The van der Waals surface area contributed by atoms with Crippen LogP contribution in [0.3, 0.4) is 0 Å². The topological polar surface area (TPSA) is 43.8 Å². The van der Waals surface area contributed by atoms with E-state index >= 15 is 0 Å². The molecule has 1 fully saturated rings. The number of nitrogens with zero attached hydrogens (tertiary/aromatic N) is 2. The third-order valence-electron chi connectivity index (χ3n) is 4.35. The normalized spacial score (nSPS) is 19.9. The summed E-state index contributed by atoms with van der Waals surface area (Å²) in [6.07, 6.45) is 4.51. The fourth-order valence-corrected chi connectivity index (χ4v) is 3.11. The van der Waals surface area contributed by atoms with Gasteiger partial charge in [-0.15, -0.1) is 0 Å². The smallest absolute Gasteiger partial charge is 0.201 e. The molecule has 1 aromatic carbocycles. The van der Waals surface area contributed by atoms with Gasteiger partial charge in [-0.1, -0.05) is 13.8 Å². The van der Waals surface area contributed by atoms with E-state index in [4.69, 9.17) is 5.73 Å². The quantitative estimate of drug-likeness (QED) is 0.846. The van der Waals surface area contributed by atoms with E-state index in [9.17, 15) is 4.39 Å². The molecule has 0 amide bonds. The van der Waals surface area contributed by atoms with Gasteiger partial charge in [0, 0.05) is 6.04 Å². The molecule has 3 nitrogen and oxygen atoms in total. The Hall–Kier alpha value is -1.58. The van der Waals surface area contributed by atoms with Crippen molar-refractivity contribution in [1.29, 1.82) is 0 Å². The highest BCUT2D eigenvalue weighted by molar-refractivity contribution is 5.78. The number of anilines is 1. The van der Waals surface area contributed by atoms with Crippen LogP contribution in [0.4, 0.5) is 10.3 Å². The van der Waals surface area contributed by atoms with Crippen LogP contribution in [0.25, 0.3) is 11.0 Å². The molecule has 4 heteroatoms. The van der Waals surface area contributed by atoms with Gasteiger partial charge in [0.1, 0.15) is 5.82 Å². The molecule has 2 N–H and O–H groups in total. The van der Waals surface area contributed by atoms with Gasteiger partial charge in [0.15, 0.2) is 0 Å². The summed E-state index contributed by atoms with van der Waals surface area (Å²) in [5, 5.41) is 0. The highest BCUT2D eigenvalue weighted by atomic mass is 19.1. The Kier molecular flexibility index (Phi) is 2.77. The standard InChI is InChI=1S/C15H20FN3/c1-15(2)7-5-11(6-8-15)19-13-9-10(16)3-4-12(13)18-14(19)17/h3-4,9,11H,5-8H2,1-2H3,(H2,17,18). The molecule has 0 bridgehead atoms. The third-order valence-corrected chi connectivity index (χ3v) is 4.35. The highest BCUT2D eigenvalue weighted by Gasteiger charge is 2.29. The Morgan fingerprint density at radius 1 is 1.32 bits per heavy atom. The second kappa shape index (κ2) is 4.22. The summed E-state index contributed by atoms with van der Waals surface area (Å²) in [6.45, 7) is 4.61. The molecule has 1 heterocycles. The van der Waals surface area contributed by atoms with E-state index in [1.165, 1.54) is 18.9 Å². The molecule has 0 unspecified atom stereocenters. The van der Waals surface area contributed by atoms with Crippen molar-refractivity contribution in [1.82, 2.24) is 9.55 Å². The molecular formula is C15H20FN3. The van der Waals surface area contributed by atoms with Crippen molar-refractivity contribution in [3.63, 3.8) is 0 Å². The van der Waals surface area contributed by atoms with E-state index in [0.29, 0.717) is 17.4 Å². The average molecular weight is 261 g/mol. The van der Waals surface area contributed by atoms with Gasteiger partial charge in [0.2, 0.25) is 5.95 Å². The van der Waals surface area contributed by atoms with E-state index in [1.54, 1.807) is 12.1 Å². The molecule has 2 aromatic rings. The zero-order valence-electron chi connectivity index (χ0n) is 11.5. The first-order chi connectivity index (χ1) is 8.96. The molecule has 0 aliphatic heterocycles. The fourth-order valence-electron chi connectivity index (χ4n) is 3.11. The molecule has 0 atom stereocenters. The maximum Gasteiger partial charge on any atom is 0.201 e. The lowest BCUT2D eigenvalue weighted by molar-refractivity contribution is 0.197. The van der Waals surface area contributed by atoms with Crippen LogP contribution in [0, 0.1) is 11.2 Å². The van der Waals surface area contributed by atoms with Crippen molar-refractivity contribution >= 4 is 17.0 Å². The van der Waals surface area contributed by atoms with Gasteiger partial charge in [-0.25, -0.2) is 9.37 Å². The predicted molar refractivity (Wildman–Crippen MR) is 75.4 cm³/mol. The first kappa shape index (κ1) is 12.5. The van der Waals surface area contributed by atoms with Gasteiger partial charge < -0.3 is 10.3 Å². The molecule has 102 valence electrons. The number of benzene rings is 1. The molecular weight excluding hydrogens is 241 g/mol. The summed E-state index contributed by atoms with van der Waals surface area (Å²) in [5.41, 5.74) is 8.04. The van der Waals surface area contributed by atoms with Crippen LogP contribution in [0.5, 0.6) is 0 Å². The second-order valence-corrected chi connectivity index (χ2v) is 6.37. The number of nitrogen functional groups attached to an aromatic ring is 1. The Morgan fingerprint density at radius 2 is 2.00 bits per heavy atom. The third kappa shape index (κ3) is 2.20. The lowest BCUT2D eigenvalue weighted by Gasteiger charge is -2.35. The number of hydrogen-bond acceptors (Lipinski definition) is 2. The molecule has 3 rings (SSSR count). The summed E-state index contributed by atoms with van der Waals surface area (Å²) in [6, 6.07) is 5.02. The van der Waals surface area contributed by atoms with Crippen molar-refractivity contribution in [2.45, 2.75) is 45.6 Å². The van der Waals surface area contributed by atoms with Crippen LogP contribution in [0.2, 0.25) is 0 Å². The minimum Gasteiger partial charge on any atom is -0.369 e. The van der Waals surface area contributed by atoms with E-state index in [2.05, 4.69) is 18.8 Å². The Morgan fingerprint density at radius 3 is 2.68 bits per heavy atom. The molecule has 0 spiro atoms. The van der Waals surface area contributed by atoms with Gasteiger partial charge >= 0.3 is 0 Å². The minimum absolute atomic E-state index is 0.232. The second-order valence-electron chi connectivity index (χ2n) is 6.37. The van der Waals surface area contributed by atoms with Crippen molar-refractivity contribution < 1.29 is 4.39 Å². The van der Waals surface area contributed by atoms with E-state index in [-0.39, 0.29) is 5.82 Å². The number of imidazole rings is 1. The van der Waals surface area contributed by atoms with Crippen molar-refractivity contribution in [2.24, 2.45) is 5.41 Å². The van der Waals surface area contributed by atoms with Crippen LogP contribution < -0.4 is 5.73 Å². The van der Waals surface area contributed by atoms with Crippen molar-refractivity contribution in [2.75, 3.05) is 5.73 Å². The lowest BCUT2D eigenvalue weighted by atomic mass is 9.75. The number of halogens is 1. The number of hydrogen-bond donors (Lipinski definition) is 1. The molecule has 1 aromatic heterocycles. The Labute approximate surface area is 112 Å². The zero-order chi connectivity index (χ0) is 13.6. The summed E-state index contributed by atoms with van der Waals surface area (Å²) in [5.74, 6) is 0.273. The minimum atomic E-state index is -0.232. The summed E-state index contributed by atoms with van der Waals surface area (Å²) < 4.78 is 15.5.